The molecule has 0 radical (unpaired) electrons. The fourth-order valence-corrected chi connectivity index (χ4v) is 3.08. The Balaban J connectivity index is 2.42. The van der Waals surface area contributed by atoms with Crippen LogP contribution in [0.15, 0.2) is 12.1 Å². The molecule has 2 heterocycles. The predicted octanol–water partition coefficient (Wildman–Crippen LogP) is 2.54. The average molecular weight is 270 g/mol. The second-order valence-corrected chi connectivity index (χ2v) is 5.68. The molecular weight excluding hydrogens is 252 g/mol. The number of likely N-dealkylation sites (N-methyl/N-ethyl adjacent to an activating group) is 1. The van der Waals surface area contributed by atoms with E-state index in [2.05, 4.69) is 11.0 Å². The lowest BCUT2D eigenvalue weighted by Gasteiger charge is -2.26. The van der Waals surface area contributed by atoms with E-state index in [4.69, 9.17) is 4.98 Å². The number of hydrogen-bond acceptors (Lipinski definition) is 3. The van der Waals surface area contributed by atoms with Gasteiger partial charge >= 0.3 is 5.97 Å². The Hall–Kier alpha value is -1.94. The normalized spacial score (nSPS) is 15.3. The van der Waals surface area contributed by atoms with Crippen molar-refractivity contribution in [3.8, 4) is 0 Å². The van der Waals surface area contributed by atoms with E-state index in [0.717, 1.165) is 46.3 Å². The second-order valence-electron chi connectivity index (χ2n) is 5.68. The monoisotopic (exact) mass is 270 g/mol. The minimum Gasteiger partial charge on any atom is -0.478 e. The van der Waals surface area contributed by atoms with Gasteiger partial charge < -0.3 is 10.0 Å². The summed E-state index contributed by atoms with van der Waals surface area (Å²) < 4.78 is 0. The maximum Gasteiger partial charge on any atom is 0.336 e. The van der Waals surface area contributed by atoms with Crippen molar-refractivity contribution < 1.29 is 9.90 Å². The minimum absolute atomic E-state index is 0.434. The summed E-state index contributed by atoms with van der Waals surface area (Å²) in [6.45, 7) is 5.57. The molecule has 0 bridgehead atoms. The maximum absolute atomic E-state index is 11.8. The Labute approximate surface area is 118 Å². The number of carbonyl (C=O) groups is 1. The van der Waals surface area contributed by atoms with Gasteiger partial charge in [-0.3, -0.25) is 4.98 Å². The van der Waals surface area contributed by atoms with Crippen LogP contribution in [0.2, 0.25) is 0 Å². The summed E-state index contributed by atoms with van der Waals surface area (Å²) in [4.78, 5) is 18.7. The van der Waals surface area contributed by atoms with Crippen molar-refractivity contribution >= 4 is 16.9 Å². The summed E-state index contributed by atoms with van der Waals surface area (Å²) in [6.07, 6.45) is 0.815. The van der Waals surface area contributed by atoms with Gasteiger partial charge in [0.15, 0.2) is 0 Å². The van der Waals surface area contributed by atoms with Gasteiger partial charge in [-0.25, -0.2) is 4.79 Å². The third-order valence-electron chi connectivity index (χ3n) is 3.98. The van der Waals surface area contributed by atoms with Crippen LogP contribution in [-0.2, 0) is 13.0 Å². The minimum atomic E-state index is -0.853. The fourth-order valence-electron chi connectivity index (χ4n) is 3.08. The zero-order valence-corrected chi connectivity index (χ0v) is 12.0. The van der Waals surface area contributed by atoms with E-state index < -0.39 is 5.97 Å². The molecule has 104 valence electrons. The molecule has 0 fully saturated rings. The number of fused-ring (bicyclic) bond motifs is 2. The van der Waals surface area contributed by atoms with Gasteiger partial charge in [-0.2, -0.15) is 0 Å². The number of hydrogen-bond donors (Lipinski definition) is 1. The third-order valence-corrected chi connectivity index (χ3v) is 3.98. The molecule has 0 saturated heterocycles. The summed E-state index contributed by atoms with van der Waals surface area (Å²) in [5, 5.41) is 10.4. The lowest BCUT2D eigenvalue weighted by Crippen LogP contribution is -2.29. The molecule has 0 amide bonds. The number of rotatable bonds is 1. The van der Waals surface area contributed by atoms with Crippen LogP contribution < -0.4 is 0 Å². The van der Waals surface area contributed by atoms with E-state index in [1.165, 1.54) is 0 Å². The van der Waals surface area contributed by atoms with Crippen molar-refractivity contribution in [2.24, 2.45) is 0 Å². The van der Waals surface area contributed by atoms with E-state index in [1.54, 1.807) is 0 Å². The molecule has 4 heteroatoms. The van der Waals surface area contributed by atoms with Crippen molar-refractivity contribution in [1.82, 2.24) is 9.88 Å². The Morgan fingerprint density at radius 2 is 2.10 bits per heavy atom. The smallest absolute Gasteiger partial charge is 0.336 e. The molecule has 1 aliphatic rings. The number of nitrogens with zero attached hydrogens (tertiary/aromatic N) is 2. The first-order chi connectivity index (χ1) is 9.47. The van der Waals surface area contributed by atoms with Gasteiger partial charge in [-0.15, -0.1) is 0 Å². The standard InChI is InChI=1S/C16H18N2O2/c1-9-6-10(2)15-11(7-9)14(16(19)20)12-8-18(3)5-4-13(12)17-15/h6-7H,4-5,8H2,1-3H3,(H,19,20). The van der Waals surface area contributed by atoms with E-state index in [-0.39, 0.29) is 0 Å². The molecule has 0 atom stereocenters. The molecule has 0 saturated carbocycles. The number of benzene rings is 1. The summed E-state index contributed by atoms with van der Waals surface area (Å²) in [5.74, 6) is -0.853. The van der Waals surface area contributed by atoms with Gasteiger partial charge in [0.1, 0.15) is 0 Å². The van der Waals surface area contributed by atoms with E-state index >= 15 is 0 Å². The van der Waals surface area contributed by atoms with Crippen LogP contribution in [0.3, 0.4) is 0 Å². The van der Waals surface area contributed by atoms with Crippen molar-refractivity contribution in [3.63, 3.8) is 0 Å². The van der Waals surface area contributed by atoms with Gasteiger partial charge in [0.2, 0.25) is 0 Å². The topological polar surface area (TPSA) is 53.4 Å². The number of pyridine rings is 1. The summed E-state index contributed by atoms with van der Waals surface area (Å²) in [7, 11) is 2.01. The first-order valence-electron chi connectivity index (χ1n) is 6.82. The van der Waals surface area contributed by atoms with E-state index in [0.29, 0.717) is 12.1 Å². The molecule has 0 aliphatic carbocycles. The molecule has 0 unspecified atom stereocenters. The van der Waals surface area contributed by atoms with Gasteiger partial charge in [0.05, 0.1) is 11.1 Å². The second kappa shape index (κ2) is 4.56. The number of aromatic nitrogens is 1. The molecule has 0 spiro atoms. The number of aryl methyl sites for hydroxylation is 2. The molecule has 1 N–H and O–H groups in total. The van der Waals surface area contributed by atoms with Crippen LogP contribution in [0.25, 0.3) is 10.9 Å². The molecule has 1 aliphatic heterocycles. The number of carboxylic acid groups (broad SMARTS) is 1. The van der Waals surface area contributed by atoms with Gasteiger partial charge in [0.25, 0.3) is 0 Å². The summed E-state index contributed by atoms with van der Waals surface area (Å²) >= 11 is 0. The Morgan fingerprint density at radius 3 is 2.80 bits per heavy atom. The summed E-state index contributed by atoms with van der Waals surface area (Å²) in [6, 6.07) is 4.00. The number of aromatic carboxylic acids is 1. The Bertz CT molecular complexity index is 722. The summed E-state index contributed by atoms with van der Waals surface area (Å²) in [5.41, 5.74) is 5.20. The van der Waals surface area contributed by atoms with Gasteiger partial charge in [-0.05, 0) is 32.5 Å². The first kappa shape index (κ1) is 13.1. The van der Waals surface area contributed by atoms with Crippen LogP contribution >= 0.6 is 0 Å². The SMILES string of the molecule is Cc1cc(C)c2nc3c(c(C(=O)O)c2c1)CN(C)CC3. The molecule has 4 nitrogen and oxygen atoms in total. The molecular formula is C16H18N2O2. The van der Waals surface area contributed by atoms with Crippen LogP contribution in [0.5, 0.6) is 0 Å². The average Bonchev–Trinajstić information content (AvgIpc) is 2.36. The molecule has 1 aromatic heterocycles. The van der Waals surface area contributed by atoms with Crippen molar-refractivity contribution in [2.45, 2.75) is 26.8 Å². The van der Waals surface area contributed by atoms with Gasteiger partial charge in [-0.1, -0.05) is 11.6 Å². The highest BCUT2D eigenvalue weighted by Crippen LogP contribution is 2.30. The largest absolute Gasteiger partial charge is 0.478 e. The van der Waals surface area contributed by atoms with Crippen LogP contribution in [-0.4, -0.2) is 34.6 Å². The van der Waals surface area contributed by atoms with Gasteiger partial charge in [0, 0.05) is 36.2 Å². The van der Waals surface area contributed by atoms with Crippen LogP contribution in [0.1, 0.15) is 32.7 Å². The first-order valence-corrected chi connectivity index (χ1v) is 6.82. The van der Waals surface area contributed by atoms with Crippen molar-refractivity contribution in [1.29, 1.82) is 0 Å². The predicted molar refractivity (Wildman–Crippen MR) is 78.2 cm³/mol. The highest BCUT2D eigenvalue weighted by Gasteiger charge is 2.24. The third kappa shape index (κ3) is 1.96. The molecule has 1 aromatic carbocycles. The molecule has 20 heavy (non-hydrogen) atoms. The molecule has 3 rings (SSSR count). The highest BCUT2D eigenvalue weighted by molar-refractivity contribution is 6.05. The number of carboxylic acids is 1. The van der Waals surface area contributed by atoms with E-state index in [9.17, 15) is 9.90 Å². The van der Waals surface area contributed by atoms with Crippen molar-refractivity contribution in [2.75, 3.05) is 13.6 Å². The Morgan fingerprint density at radius 1 is 1.35 bits per heavy atom. The quantitative estimate of drug-likeness (QED) is 0.865. The van der Waals surface area contributed by atoms with Crippen LogP contribution in [0, 0.1) is 13.8 Å². The maximum atomic E-state index is 11.8. The Kier molecular flexibility index (Phi) is 2.98. The fraction of sp³-hybridized carbons (Fsp3) is 0.375. The molecule has 2 aromatic rings. The van der Waals surface area contributed by atoms with Crippen molar-refractivity contribution in [3.05, 3.63) is 40.1 Å². The highest BCUT2D eigenvalue weighted by atomic mass is 16.4. The van der Waals surface area contributed by atoms with Crippen LogP contribution in [0.4, 0.5) is 0 Å². The zero-order chi connectivity index (χ0) is 14.4. The zero-order valence-electron chi connectivity index (χ0n) is 12.0. The lowest BCUT2D eigenvalue weighted by molar-refractivity contribution is 0.0696. The lowest BCUT2D eigenvalue weighted by atomic mass is 9.94. The van der Waals surface area contributed by atoms with E-state index in [1.807, 2.05) is 27.0 Å².